The molecule has 0 spiro atoms. The number of nitrogens with one attached hydrogen (secondary N) is 1. The summed E-state index contributed by atoms with van der Waals surface area (Å²) in [6.07, 6.45) is -10.4. The lowest BCUT2D eigenvalue weighted by molar-refractivity contribution is -0.267. The molecule has 1 saturated carbocycles. The Morgan fingerprint density at radius 1 is 0.833 bits per heavy atom. The van der Waals surface area contributed by atoms with Gasteiger partial charge in [0.2, 0.25) is 0 Å². The Morgan fingerprint density at radius 3 is 1.96 bits per heavy atom. The van der Waals surface area contributed by atoms with E-state index in [1.54, 1.807) is 6.92 Å². The second kappa shape index (κ2) is 7.87. The summed E-state index contributed by atoms with van der Waals surface area (Å²) in [5.41, 5.74) is 0. The van der Waals surface area contributed by atoms with Crippen molar-refractivity contribution in [2.75, 3.05) is 13.7 Å². The summed E-state index contributed by atoms with van der Waals surface area (Å²) in [4.78, 5) is 0. The second-order valence-electron chi connectivity index (χ2n) is 6.45. The average Bonchev–Trinajstić information content (AvgIpc) is 2.56. The van der Waals surface area contributed by atoms with E-state index in [0.717, 1.165) is 0 Å². The van der Waals surface area contributed by atoms with Crippen LogP contribution >= 0.6 is 0 Å². The van der Waals surface area contributed by atoms with E-state index in [2.05, 4.69) is 5.32 Å². The van der Waals surface area contributed by atoms with Crippen LogP contribution in [0.25, 0.3) is 0 Å². The fourth-order valence-corrected chi connectivity index (χ4v) is 3.43. The summed E-state index contributed by atoms with van der Waals surface area (Å²) in [6, 6.07) is -2.04. The number of aliphatic hydroxyl groups is 7. The molecule has 2 rings (SSSR count). The molecule has 24 heavy (non-hydrogen) atoms. The first-order chi connectivity index (χ1) is 11.2. The molecule has 1 heterocycles. The summed E-state index contributed by atoms with van der Waals surface area (Å²) in [7, 11) is 1.32. The van der Waals surface area contributed by atoms with E-state index in [-0.39, 0.29) is 0 Å². The molecule has 142 valence electrons. The number of hydrogen-bond donors (Lipinski definition) is 8. The number of hydrogen-bond acceptors (Lipinski definition) is 10. The van der Waals surface area contributed by atoms with Crippen LogP contribution in [0.4, 0.5) is 0 Å². The van der Waals surface area contributed by atoms with Crippen molar-refractivity contribution in [2.24, 2.45) is 5.92 Å². The number of methoxy groups -OCH3 is 1. The molecule has 10 heteroatoms. The molecule has 0 amide bonds. The van der Waals surface area contributed by atoms with Crippen LogP contribution in [-0.4, -0.2) is 111 Å². The normalized spacial score (nSPS) is 53.1. The summed E-state index contributed by atoms with van der Waals surface area (Å²) in [5, 5.41) is 72.5. The van der Waals surface area contributed by atoms with E-state index in [4.69, 9.17) is 9.47 Å². The molecule has 0 aromatic carbocycles. The first-order valence-electron chi connectivity index (χ1n) is 7.88. The Hall–Kier alpha value is -0.400. The van der Waals surface area contributed by atoms with Crippen molar-refractivity contribution in [3.63, 3.8) is 0 Å². The van der Waals surface area contributed by atoms with E-state index in [1.807, 2.05) is 0 Å². The van der Waals surface area contributed by atoms with Crippen LogP contribution in [0, 0.1) is 5.92 Å². The lowest BCUT2D eigenvalue weighted by atomic mass is 9.76. The summed E-state index contributed by atoms with van der Waals surface area (Å²) >= 11 is 0. The van der Waals surface area contributed by atoms with Crippen molar-refractivity contribution in [2.45, 2.75) is 68.0 Å². The lowest BCUT2D eigenvalue weighted by Crippen LogP contribution is -2.71. The van der Waals surface area contributed by atoms with Crippen molar-refractivity contribution in [1.82, 2.24) is 5.32 Å². The molecule has 8 N–H and O–H groups in total. The Kier molecular flexibility index (Phi) is 6.53. The molecule has 0 aromatic heterocycles. The highest BCUT2D eigenvalue weighted by atomic mass is 16.7. The summed E-state index contributed by atoms with van der Waals surface area (Å²) in [6.45, 7) is 1.01. The summed E-state index contributed by atoms with van der Waals surface area (Å²) in [5.74, 6) is -1.07. The smallest absolute Gasteiger partial charge is 0.186 e. The van der Waals surface area contributed by atoms with Crippen molar-refractivity contribution in [3.05, 3.63) is 0 Å². The first-order valence-corrected chi connectivity index (χ1v) is 7.88. The fraction of sp³-hybridized carbons (Fsp3) is 1.00. The largest absolute Gasteiger partial charge is 0.396 e. The van der Waals surface area contributed by atoms with Gasteiger partial charge in [0.1, 0.15) is 24.4 Å². The number of aliphatic hydroxyl groups excluding tert-OH is 7. The molecule has 2 fully saturated rings. The SMILES string of the molecule is COC1OC(C)C(NC2C(O)C(O)C(O)C(CO)C2O)C(O)C1O. The highest BCUT2D eigenvalue weighted by molar-refractivity contribution is 5.04. The van der Waals surface area contributed by atoms with Crippen LogP contribution < -0.4 is 5.32 Å². The Labute approximate surface area is 139 Å². The molecule has 11 atom stereocenters. The van der Waals surface area contributed by atoms with Gasteiger partial charge in [-0.15, -0.1) is 0 Å². The summed E-state index contributed by atoms with van der Waals surface area (Å²) < 4.78 is 10.4. The van der Waals surface area contributed by atoms with Gasteiger partial charge in [-0.3, -0.25) is 0 Å². The van der Waals surface area contributed by atoms with Crippen LogP contribution in [0.1, 0.15) is 6.92 Å². The number of ether oxygens (including phenoxy) is 2. The topological polar surface area (TPSA) is 172 Å². The molecular weight excluding hydrogens is 326 g/mol. The highest BCUT2D eigenvalue weighted by Gasteiger charge is 2.51. The minimum atomic E-state index is -1.59. The van der Waals surface area contributed by atoms with Crippen molar-refractivity contribution >= 4 is 0 Å². The minimum Gasteiger partial charge on any atom is -0.396 e. The standard InChI is InChI=1S/C14H27NO9/c1-4-6(10(19)13(22)14(23-2)24-4)15-7-8(17)5(3-16)9(18)12(21)11(7)20/h4-22H,3H2,1-2H3. The van der Waals surface area contributed by atoms with E-state index < -0.39 is 73.6 Å². The molecule has 0 bridgehead atoms. The van der Waals surface area contributed by atoms with Crippen LogP contribution in [0.2, 0.25) is 0 Å². The Morgan fingerprint density at radius 2 is 1.42 bits per heavy atom. The Bertz CT molecular complexity index is 414. The van der Waals surface area contributed by atoms with Crippen LogP contribution in [0.3, 0.4) is 0 Å². The molecular formula is C14H27NO9. The van der Waals surface area contributed by atoms with Gasteiger partial charge in [-0.2, -0.15) is 0 Å². The molecule has 2 aliphatic rings. The molecule has 1 aliphatic heterocycles. The second-order valence-corrected chi connectivity index (χ2v) is 6.45. The molecule has 0 radical (unpaired) electrons. The minimum absolute atomic E-state index is 0.599. The van der Waals surface area contributed by atoms with Crippen molar-refractivity contribution < 1.29 is 45.2 Å². The molecule has 1 aliphatic carbocycles. The van der Waals surface area contributed by atoms with E-state index >= 15 is 0 Å². The van der Waals surface area contributed by atoms with E-state index in [9.17, 15) is 35.7 Å². The Balaban J connectivity index is 2.16. The number of rotatable bonds is 4. The van der Waals surface area contributed by atoms with E-state index in [0.29, 0.717) is 0 Å². The predicted molar refractivity (Wildman–Crippen MR) is 78.7 cm³/mol. The maximum Gasteiger partial charge on any atom is 0.186 e. The van der Waals surface area contributed by atoms with E-state index in [1.165, 1.54) is 7.11 Å². The maximum atomic E-state index is 10.3. The van der Waals surface area contributed by atoms with Crippen LogP contribution in [-0.2, 0) is 9.47 Å². The molecule has 10 nitrogen and oxygen atoms in total. The third kappa shape index (κ3) is 3.44. The van der Waals surface area contributed by atoms with Crippen molar-refractivity contribution in [3.8, 4) is 0 Å². The monoisotopic (exact) mass is 353 g/mol. The third-order valence-corrected chi connectivity index (χ3v) is 4.99. The predicted octanol–water partition coefficient (Wildman–Crippen LogP) is -4.51. The molecule has 1 saturated heterocycles. The van der Waals surface area contributed by atoms with Gasteiger partial charge >= 0.3 is 0 Å². The fourth-order valence-electron chi connectivity index (χ4n) is 3.43. The van der Waals surface area contributed by atoms with Gasteiger partial charge in [0, 0.05) is 13.0 Å². The van der Waals surface area contributed by atoms with Gasteiger partial charge in [-0.05, 0) is 6.92 Å². The zero-order valence-corrected chi connectivity index (χ0v) is 13.5. The highest BCUT2D eigenvalue weighted by Crippen LogP contribution is 2.29. The van der Waals surface area contributed by atoms with Crippen molar-refractivity contribution in [1.29, 1.82) is 0 Å². The average molecular weight is 353 g/mol. The van der Waals surface area contributed by atoms with Gasteiger partial charge in [-0.25, -0.2) is 0 Å². The van der Waals surface area contributed by atoms with Crippen LogP contribution in [0.5, 0.6) is 0 Å². The van der Waals surface area contributed by atoms with Gasteiger partial charge in [-0.1, -0.05) is 0 Å². The zero-order valence-electron chi connectivity index (χ0n) is 13.5. The molecule has 11 unspecified atom stereocenters. The first kappa shape index (κ1) is 19.9. The van der Waals surface area contributed by atoms with Gasteiger partial charge in [0.15, 0.2) is 6.29 Å². The van der Waals surface area contributed by atoms with Crippen LogP contribution in [0.15, 0.2) is 0 Å². The quantitative estimate of drug-likeness (QED) is 0.246. The van der Waals surface area contributed by atoms with Gasteiger partial charge in [0.05, 0.1) is 37.0 Å². The molecule has 0 aromatic rings. The third-order valence-electron chi connectivity index (χ3n) is 4.99. The lowest BCUT2D eigenvalue weighted by Gasteiger charge is -2.48. The van der Waals surface area contributed by atoms with Gasteiger partial charge < -0.3 is 50.5 Å². The van der Waals surface area contributed by atoms with Gasteiger partial charge in [0.25, 0.3) is 0 Å². The maximum absolute atomic E-state index is 10.3. The zero-order chi connectivity index (χ0) is 18.2.